The van der Waals surface area contributed by atoms with E-state index in [4.69, 9.17) is 5.73 Å². The molecule has 10 heteroatoms. The highest BCUT2D eigenvalue weighted by Crippen LogP contribution is 2.20. The first-order valence-corrected chi connectivity index (χ1v) is 9.91. The van der Waals surface area contributed by atoms with E-state index in [9.17, 15) is 13.2 Å². The molecule has 0 unspecified atom stereocenters. The Kier molecular flexibility index (Phi) is 4.31. The van der Waals surface area contributed by atoms with E-state index in [1.807, 2.05) is 18.4 Å². The lowest BCUT2D eigenvalue weighted by molar-refractivity contribution is 0.0951. The third-order valence-corrected chi connectivity index (χ3v) is 5.55. The molecular formula is C15H15N5O3S2. The van der Waals surface area contributed by atoms with E-state index in [1.165, 1.54) is 23.5 Å². The number of aryl methyl sites for hydroxylation is 1. The number of rotatable bonds is 4. The Balaban J connectivity index is 1.83. The number of aromatic nitrogens is 3. The predicted molar refractivity (Wildman–Crippen MR) is 96.1 cm³/mol. The van der Waals surface area contributed by atoms with Gasteiger partial charge in [-0.2, -0.15) is 9.67 Å². The van der Waals surface area contributed by atoms with Crippen LogP contribution in [-0.4, -0.2) is 35.3 Å². The number of sulfone groups is 1. The third kappa shape index (κ3) is 3.54. The minimum absolute atomic E-state index is 0.0342. The number of carbonyl (C=O) groups excluding carboxylic acids is 1. The summed E-state index contributed by atoms with van der Waals surface area (Å²) in [4.78, 5) is 17.2. The second kappa shape index (κ2) is 6.30. The van der Waals surface area contributed by atoms with E-state index in [-0.39, 0.29) is 22.7 Å². The molecule has 0 aliphatic carbocycles. The van der Waals surface area contributed by atoms with Crippen molar-refractivity contribution >= 4 is 44.7 Å². The SMILES string of the molecule is Cc1ccsc1C(=O)n1nc(Nc2ccc(S(C)(=O)=O)cc2)nc1N. The van der Waals surface area contributed by atoms with Gasteiger partial charge in [0.2, 0.25) is 11.9 Å². The van der Waals surface area contributed by atoms with Crippen molar-refractivity contribution in [2.24, 2.45) is 0 Å². The quantitative estimate of drug-likeness (QED) is 0.714. The second-order valence-corrected chi connectivity index (χ2v) is 8.30. The van der Waals surface area contributed by atoms with Crippen LogP contribution in [0, 0.1) is 6.92 Å². The molecule has 3 rings (SSSR count). The van der Waals surface area contributed by atoms with Gasteiger partial charge in [-0.3, -0.25) is 4.79 Å². The summed E-state index contributed by atoms with van der Waals surface area (Å²) in [6, 6.07) is 7.95. The minimum Gasteiger partial charge on any atom is -0.368 e. The predicted octanol–water partition coefficient (Wildman–Crippen LogP) is 2.07. The first kappa shape index (κ1) is 17.1. The van der Waals surface area contributed by atoms with Crippen LogP contribution in [0.4, 0.5) is 17.6 Å². The van der Waals surface area contributed by atoms with Crippen molar-refractivity contribution in [3.8, 4) is 0 Å². The van der Waals surface area contributed by atoms with Crippen molar-refractivity contribution in [2.45, 2.75) is 11.8 Å². The Morgan fingerprint density at radius 3 is 2.48 bits per heavy atom. The second-order valence-electron chi connectivity index (χ2n) is 5.36. The summed E-state index contributed by atoms with van der Waals surface area (Å²) in [5.74, 6) is -0.238. The van der Waals surface area contributed by atoms with Crippen molar-refractivity contribution < 1.29 is 13.2 Å². The Bertz CT molecular complexity index is 1040. The number of nitrogens with one attached hydrogen (secondary N) is 1. The number of nitrogens with two attached hydrogens (primary N) is 1. The summed E-state index contributed by atoms with van der Waals surface area (Å²) in [6.07, 6.45) is 1.14. The van der Waals surface area contributed by atoms with Gasteiger partial charge in [0, 0.05) is 11.9 Å². The molecule has 0 radical (unpaired) electrons. The third-order valence-electron chi connectivity index (χ3n) is 3.42. The average Bonchev–Trinajstić information content (AvgIpc) is 3.12. The van der Waals surface area contributed by atoms with Crippen molar-refractivity contribution in [3.63, 3.8) is 0 Å². The maximum Gasteiger partial charge on any atom is 0.291 e. The molecule has 0 atom stereocenters. The molecule has 0 fully saturated rings. The summed E-state index contributed by atoms with van der Waals surface area (Å²) in [5, 5.41) is 8.79. The number of anilines is 3. The van der Waals surface area contributed by atoms with Crippen LogP contribution >= 0.6 is 11.3 Å². The number of benzene rings is 1. The Hall–Kier alpha value is -2.72. The molecule has 130 valence electrons. The smallest absolute Gasteiger partial charge is 0.291 e. The fourth-order valence-corrected chi connectivity index (χ4v) is 3.61. The van der Waals surface area contributed by atoms with Crippen LogP contribution in [0.25, 0.3) is 0 Å². The van der Waals surface area contributed by atoms with Gasteiger partial charge >= 0.3 is 0 Å². The number of hydrogen-bond donors (Lipinski definition) is 2. The number of hydrogen-bond acceptors (Lipinski definition) is 8. The lowest BCUT2D eigenvalue weighted by Gasteiger charge is -2.03. The van der Waals surface area contributed by atoms with Gasteiger partial charge < -0.3 is 11.1 Å². The van der Waals surface area contributed by atoms with Gasteiger partial charge in [-0.1, -0.05) is 0 Å². The molecule has 0 saturated heterocycles. The molecule has 3 aromatic rings. The number of nitrogens with zero attached hydrogens (tertiary/aromatic N) is 3. The lowest BCUT2D eigenvalue weighted by Crippen LogP contribution is -2.16. The standard InChI is InChI=1S/C15H15N5O3S2/c1-9-7-8-24-12(9)13(21)20-14(16)18-15(19-20)17-10-3-5-11(6-4-10)25(2,22)23/h3-8H,1-2H3,(H3,16,17,18,19). The zero-order chi connectivity index (χ0) is 18.2. The van der Waals surface area contributed by atoms with E-state index in [0.717, 1.165) is 16.5 Å². The van der Waals surface area contributed by atoms with Crippen LogP contribution in [0.15, 0.2) is 40.6 Å². The fraction of sp³-hybridized carbons (Fsp3) is 0.133. The summed E-state index contributed by atoms with van der Waals surface area (Å²) >= 11 is 1.31. The molecule has 1 aromatic carbocycles. The Morgan fingerprint density at radius 2 is 1.92 bits per heavy atom. The number of thiophene rings is 1. The molecule has 3 N–H and O–H groups in total. The minimum atomic E-state index is -3.26. The Labute approximate surface area is 148 Å². The maximum absolute atomic E-state index is 12.5. The topological polar surface area (TPSA) is 120 Å². The monoisotopic (exact) mass is 377 g/mol. The van der Waals surface area contributed by atoms with Crippen molar-refractivity contribution in [3.05, 3.63) is 46.2 Å². The molecule has 2 aromatic heterocycles. The zero-order valence-electron chi connectivity index (χ0n) is 13.4. The summed E-state index contributed by atoms with van der Waals surface area (Å²) in [5.41, 5.74) is 7.20. The van der Waals surface area contributed by atoms with Crippen molar-refractivity contribution in [2.75, 3.05) is 17.3 Å². The van der Waals surface area contributed by atoms with Crippen LogP contribution in [0.2, 0.25) is 0 Å². The normalized spacial score (nSPS) is 11.4. The molecule has 25 heavy (non-hydrogen) atoms. The summed E-state index contributed by atoms with van der Waals surface area (Å²) < 4.78 is 24.0. The lowest BCUT2D eigenvalue weighted by atomic mass is 10.3. The number of nitrogen functional groups attached to an aromatic ring is 1. The molecule has 0 aliphatic rings. The molecule has 0 spiro atoms. The van der Waals surface area contributed by atoms with E-state index >= 15 is 0 Å². The number of carbonyl (C=O) groups is 1. The van der Waals surface area contributed by atoms with E-state index in [0.29, 0.717) is 10.6 Å². The molecule has 0 aliphatic heterocycles. The van der Waals surface area contributed by atoms with Gasteiger partial charge in [-0.25, -0.2) is 8.42 Å². The maximum atomic E-state index is 12.5. The van der Waals surface area contributed by atoms with Crippen LogP contribution in [0.3, 0.4) is 0 Å². The molecule has 8 nitrogen and oxygen atoms in total. The Morgan fingerprint density at radius 1 is 1.24 bits per heavy atom. The van der Waals surface area contributed by atoms with Gasteiger partial charge in [0.05, 0.1) is 9.77 Å². The highest BCUT2D eigenvalue weighted by molar-refractivity contribution is 7.90. The summed E-state index contributed by atoms with van der Waals surface area (Å²) in [7, 11) is -3.26. The molecular weight excluding hydrogens is 362 g/mol. The summed E-state index contributed by atoms with van der Waals surface area (Å²) in [6.45, 7) is 1.83. The van der Waals surface area contributed by atoms with E-state index in [1.54, 1.807) is 12.1 Å². The van der Waals surface area contributed by atoms with E-state index < -0.39 is 9.84 Å². The molecule has 2 heterocycles. The van der Waals surface area contributed by atoms with Crippen LogP contribution < -0.4 is 11.1 Å². The van der Waals surface area contributed by atoms with E-state index in [2.05, 4.69) is 15.4 Å². The van der Waals surface area contributed by atoms with Crippen molar-refractivity contribution in [1.29, 1.82) is 0 Å². The molecule has 0 saturated carbocycles. The van der Waals surface area contributed by atoms with Gasteiger partial charge in [0.15, 0.2) is 9.84 Å². The van der Waals surface area contributed by atoms with Crippen molar-refractivity contribution in [1.82, 2.24) is 14.8 Å². The van der Waals surface area contributed by atoms with Gasteiger partial charge in [-0.05, 0) is 48.2 Å². The van der Waals surface area contributed by atoms with Gasteiger partial charge in [-0.15, -0.1) is 16.4 Å². The first-order valence-electron chi connectivity index (χ1n) is 7.14. The van der Waals surface area contributed by atoms with Crippen LogP contribution in [-0.2, 0) is 9.84 Å². The highest BCUT2D eigenvalue weighted by Gasteiger charge is 2.19. The average molecular weight is 377 g/mol. The fourth-order valence-electron chi connectivity index (χ4n) is 2.13. The van der Waals surface area contributed by atoms with Gasteiger partial charge in [0.1, 0.15) is 0 Å². The largest absolute Gasteiger partial charge is 0.368 e. The first-order chi connectivity index (χ1) is 11.8. The molecule has 0 bridgehead atoms. The molecule has 0 amide bonds. The zero-order valence-corrected chi connectivity index (χ0v) is 15.1. The van der Waals surface area contributed by atoms with Crippen LogP contribution in [0.1, 0.15) is 15.2 Å². The highest BCUT2D eigenvalue weighted by atomic mass is 32.2. The van der Waals surface area contributed by atoms with Gasteiger partial charge in [0.25, 0.3) is 5.91 Å². The van der Waals surface area contributed by atoms with Crippen LogP contribution in [0.5, 0.6) is 0 Å².